The summed E-state index contributed by atoms with van der Waals surface area (Å²) in [6, 6.07) is 13.5. The number of ether oxygens (including phenoxy) is 1. The van der Waals surface area contributed by atoms with E-state index in [9.17, 15) is 9.50 Å². The van der Waals surface area contributed by atoms with Gasteiger partial charge in [0.25, 0.3) is 0 Å². The predicted octanol–water partition coefficient (Wildman–Crippen LogP) is 4.27. The Morgan fingerprint density at radius 3 is 2.60 bits per heavy atom. The summed E-state index contributed by atoms with van der Waals surface area (Å²) < 4.78 is 19.6. The van der Waals surface area contributed by atoms with Gasteiger partial charge in [-0.1, -0.05) is 24.3 Å². The summed E-state index contributed by atoms with van der Waals surface area (Å²) in [6.07, 6.45) is 3.16. The van der Waals surface area contributed by atoms with Crippen molar-refractivity contribution in [2.75, 3.05) is 6.54 Å². The van der Waals surface area contributed by atoms with Gasteiger partial charge in [0.15, 0.2) is 0 Å². The van der Waals surface area contributed by atoms with E-state index in [1.807, 2.05) is 0 Å². The van der Waals surface area contributed by atoms with Crippen molar-refractivity contribution < 1.29 is 14.2 Å². The van der Waals surface area contributed by atoms with Crippen LogP contribution in [0.5, 0.6) is 5.75 Å². The van der Waals surface area contributed by atoms with Gasteiger partial charge in [0.1, 0.15) is 18.2 Å². The van der Waals surface area contributed by atoms with Gasteiger partial charge in [-0.2, -0.15) is 0 Å². The number of aliphatic hydroxyl groups excluding tert-OH is 1. The van der Waals surface area contributed by atoms with Crippen molar-refractivity contribution in [1.82, 2.24) is 5.32 Å². The number of nitrogens with one attached hydrogen (secondary N) is 1. The lowest BCUT2D eigenvalue weighted by Gasteiger charge is -2.13. The average Bonchev–Trinajstić information content (AvgIpc) is 3.22. The molecule has 4 heteroatoms. The van der Waals surface area contributed by atoms with E-state index in [4.69, 9.17) is 4.74 Å². The lowest BCUT2D eigenvalue weighted by molar-refractivity contribution is 0.194. The first kappa shape index (κ1) is 16.6. The summed E-state index contributed by atoms with van der Waals surface area (Å²) in [6.45, 7) is 3.09. The molecular weight excluding hydrogens is 317 g/mol. The third kappa shape index (κ3) is 3.55. The molecule has 2 fully saturated rings. The van der Waals surface area contributed by atoms with E-state index in [1.165, 1.54) is 30.9 Å². The molecule has 1 saturated carbocycles. The highest BCUT2D eigenvalue weighted by Crippen LogP contribution is 2.54. The van der Waals surface area contributed by atoms with Crippen LogP contribution in [0.15, 0.2) is 42.5 Å². The van der Waals surface area contributed by atoms with Gasteiger partial charge < -0.3 is 15.2 Å². The zero-order valence-corrected chi connectivity index (χ0v) is 14.5. The van der Waals surface area contributed by atoms with Crippen molar-refractivity contribution in [2.24, 2.45) is 5.41 Å². The van der Waals surface area contributed by atoms with Crippen molar-refractivity contribution in [1.29, 1.82) is 0 Å². The third-order valence-electron chi connectivity index (χ3n) is 5.53. The van der Waals surface area contributed by atoms with E-state index < -0.39 is 11.9 Å². The van der Waals surface area contributed by atoms with Crippen molar-refractivity contribution in [3.05, 3.63) is 65.0 Å². The molecule has 2 aliphatic rings. The molecule has 1 saturated heterocycles. The zero-order chi connectivity index (χ0) is 17.4. The molecule has 2 aromatic carbocycles. The van der Waals surface area contributed by atoms with Crippen molar-refractivity contribution in [2.45, 2.75) is 44.9 Å². The number of halogens is 1. The molecule has 3 nitrogen and oxygen atoms in total. The fourth-order valence-corrected chi connectivity index (χ4v) is 3.66. The summed E-state index contributed by atoms with van der Waals surface area (Å²) in [5, 5.41) is 13.1. The van der Waals surface area contributed by atoms with Gasteiger partial charge in [0.2, 0.25) is 0 Å². The van der Waals surface area contributed by atoms with Crippen LogP contribution in [-0.2, 0) is 6.61 Å². The number of rotatable bonds is 5. The maximum atomic E-state index is 13.9. The molecule has 2 aromatic rings. The first-order valence-electron chi connectivity index (χ1n) is 8.97. The van der Waals surface area contributed by atoms with E-state index in [-0.39, 0.29) is 5.56 Å². The Bertz CT molecular complexity index is 753. The molecule has 4 rings (SSSR count). The molecule has 0 aromatic heterocycles. The number of hydrogen-bond acceptors (Lipinski definition) is 3. The van der Waals surface area contributed by atoms with Crippen LogP contribution in [0, 0.1) is 11.2 Å². The van der Waals surface area contributed by atoms with Crippen LogP contribution in [0.4, 0.5) is 4.39 Å². The highest BCUT2D eigenvalue weighted by molar-refractivity contribution is 5.31. The fraction of sp³-hybridized carbons (Fsp3) is 0.429. The Hall–Kier alpha value is -1.91. The molecule has 132 valence electrons. The van der Waals surface area contributed by atoms with Gasteiger partial charge in [-0.05, 0) is 54.9 Å². The maximum absolute atomic E-state index is 13.9. The van der Waals surface area contributed by atoms with Crippen LogP contribution in [0.1, 0.15) is 55.0 Å². The molecular formula is C21H24FNO2. The number of hydrogen-bond donors (Lipinski definition) is 2. The van der Waals surface area contributed by atoms with E-state index in [0.29, 0.717) is 23.8 Å². The van der Waals surface area contributed by atoms with Gasteiger partial charge in [-0.3, -0.25) is 0 Å². The Balaban J connectivity index is 1.36. The summed E-state index contributed by atoms with van der Waals surface area (Å²) in [7, 11) is 0. The van der Waals surface area contributed by atoms with E-state index >= 15 is 0 Å². The van der Waals surface area contributed by atoms with Gasteiger partial charge in [0, 0.05) is 24.2 Å². The normalized spacial score (nSPS) is 22.1. The van der Waals surface area contributed by atoms with Crippen molar-refractivity contribution in [3.8, 4) is 5.75 Å². The average molecular weight is 341 g/mol. The second kappa shape index (κ2) is 6.43. The van der Waals surface area contributed by atoms with Crippen LogP contribution in [0.3, 0.4) is 0 Å². The molecule has 1 spiro atoms. The molecule has 0 radical (unpaired) electrons. The third-order valence-corrected chi connectivity index (χ3v) is 5.53. The smallest absolute Gasteiger partial charge is 0.132 e. The van der Waals surface area contributed by atoms with Gasteiger partial charge in [0.05, 0.1) is 6.10 Å². The highest BCUT2D eigenvalue weighted by Gasteiger charge is 2.48. The lowest BCUT2D eigenvalue weighted by atomic mass is 9.97. The number of benzene rings is 2. The first-order valence-corrected chi connectivity index (χ1v) is 8.97. The largest absolute Gasteiger partial charge is 0.489 e. The Labute approximate surface area is 147 Å². The SMILES string of the molecule is CC(O)c1ccc(OCc2ccc(C3CC4(CC4)CN3)cc2)cc1F. The van der Waals surface area contributed by atoms with E-state index in [0.717, 1.165) is 12.1 Å². The van der Waals surface area contributed by atoms with Crippen LogP contribution < -0.4 is 10.1 Å². The van der Waals surface area contributed by atoms with Gasteiger partial charge in [-0.15, -0.1) is 0 Å². The fourth-order valence-electron chi connectivity index (χ4n) is 3.66. The van der Waals surface area contributed by atoms with Gasteiger partial charge >= 0.3 is 0 Å². The quantitative estimate of drug-likeness (QED) is 0.853. The maximum Gasteiger partial charge on any atom is 0.132 e. The standard InChI is InChI=1S/C21H24FNO2/c1-14(24)18-7-6-17(10-19(18)22)25-12-15-2-4-16(5-3-15)20-11-21(8-9-21)13-23-20/h2-7,10,14,20,23-24H,8-9,11-13H2,1H3. The first-order chi connectivity index (χ1) is 12.0. The molecule has 0 bridgehead atoms. The second-order valence-electron chi connectivity index (χ2n) is 7.53. The molecule has 1 aliphatic carbocycles. The molecule has 0 amide bonds. The van der Waals surface area contributed by atoms with Crippen molar-refractivity contribution >= 4 is 0 Å². The minimum atomic E-state index is -0.819. The van der Waals surface area contributed by atoms with Gasteiger partial charge in [-0.25, -0.2) is 4.39 Å². The molecule has 1 aliphatic heterocycles. The minimum absolute atomic E-state index is 0.286. The number of aliphatic hydroxyl groups is 1. The monoisotopic (exact) mass is 341 g/mol. The lowest BCUT2D eigenvalue weighted by Crippen LogP contribution is -2.13. The summed E-state index contributed by atoms with van der Waals surface area (Å²) in [4.78, 5) is 0. The second-order valence-corrected chi connectivity index (χ2v) is 7.53. The molecule has 2 unspecified atom stereocenters. The van der Waals surface area contributed by atoms with E-state index in [2.05, 4.69) is 29.6 Å². The predicted molar refractivity (Wildman–Crippen MR) is 94.8 cm³/mol. The minimum Gasteiger partial charge on any atom is -0.489 e. The topological polar surface area (TPSA) is 41.5 Å². The molecule has 25 heavy (non-hydrogen) atoms. The highest BCUT2D eigenvalue weighted by atomic mass is 19.1. The Kier molecular flexibility index (Phi) is 4.26. The van der Waals surface area contributed by atoms with Crippen molar-refractivity contribution in [3.63, 3.8) is 0 Å². The van der Waals surface area contributed by atoms with E-state index in [1.54, 1.807) is 19.1 Å². The van der Waals surface area contributed by atoms with Crippen LogP contribution >= 0.6 is 0 Å². The zero-order valence-electron chi connectivity index (χ0n) is 14.5. The molecule has 1 heterocycles. The summed E-state index contributed by atoms with van der Waals surface area (Å²) >= 11 is 0. The molecule has 2 N–H and O–H groups in total. The van der Waals surface area contributed by atoms with Crippen LogP contribution in [0.2, 0.25) is 0 Å². The summed E-state index contributed by atoms with van der Waals surface area (Å²) in [5.74, 6) is 0.0308. The molecule has 2 atom stereocenters. The Morgan fingerprint density at radius 2 is 2.00 bits per heavy atom. The van der Waals surface area contributed by atoms with Crippen LogP contribution in [0.25, 0.3) is 0 Å². The summed E-state index contributed by atoms with van der Waals surface area (Å²) in [5.41, 5.74) is 3.27. The van der Waals surface area contributed by atoms with Crippen LogP contribution in [-0.4, -0.2) is 11.7 Å². The Morgan fingerprint density at radius 1 is 1.24 bits per heavy atom.